The Kier molecular flexibility index (Phi) is 6.98. The van der Waals surface area contributed by atoms with Gasteiger partial charge in [0.05, 0.1) is 22.7 Å². The van der Waals surface area contributed by atoms with E-state index in [1.165, 1.54) is 5.56 Å². The van der Waals surface area contributed by atoms with Gasteiger partial charge in [-0.25, -0.2) is 0 Å². The highest BCUT2D eigenvalue weighted by Crippen LogP contribution is 2.36. The van der Waals surface area contributed by atoms with Crippen molar-refractivity contribution in [2.75, 3.05) is 7.11 Å². The Morgan fingerprint density at radius 3 is 2.74 bits per heavy atom. The smallest absolute Gasteiger partial charge is 0.119 e. The summed E-state index contributed by atoms with van der Waals surface area (Å²) in [5.41, 5.74) is 3.43. The van der Waals surface area contributed by atoms with Gasteiger partial charge in [0, 0.05) is 11.6 Å². The lowest BCUT2D eigenvalue weighted by Gasteiger charge is -2.19. The SMILES string of the molecule is [CH2]CCC(CCCc1ccnc2ccc(OC)cc12)c1cccc(Cl)c1Cl. The number of hydrogen-bond donors (Lipinski definition) is 0. The Bertz CT molecular complexity index is 910. The zero-order valence-corrected chi connectivity index (χ0v) is 17.1. The first kappa shape index (κ1) is 20.0. The zero-order valence-electron chi connectivity index (χ0n) is 15.6. The molecule has 0 spiro atoms. The second-order valence-corrected chi connectivity index (χ2v) is 7.51. The molecule has 0 aliphatic carbocycles. The zero-order chi connectivity index (χ0) is 19.2. The number of rotatable bonds is 8. The van der Waals surface area contributed by atoms with Crippen LogP contribution < -0.4 is 4.74 Å². The first-order valence-electron chi connectivity index (χ1n) is 9.28. The Balaban J connectivity index is 1.76. The van der Waals surface area contributed by atoms with Crippen molar-refractivity contribution in [2.45, 2.75) is 38.0 Å². The minimum absolute atomic E-state index is 0.372. The lowest BCUT2D eigenvalue weighted by Crippen LogP contribution is -2.01. The second-order valence-electron chi connectivity index (χ2n) is 6.73. The third-order valence-corrected chi connectivity index (χ3v) is 5.85. The number of benzene rings is 2. The molecule has 0 bridgehead atoms. The van der Waals surface area contributed by atoms with Gasteiger partial charge in [-0.05, 0) is 73.1 Å². The summed E-state index contributed by atoms with van der Waals surface area (Å²) in [5, 5.41) is 2.46. The second kappa shape index (κ2) is 9.43. The summed E-state index contributed by atoms with van der Waals surface area (Å²) in [6.07, 6.45) is 6.85. The predicted molar refractivity (Wildman–Crippen MR) is 115 cm³/mol. The number of nitrogens with zero attached hydrogens (tertiary/aromatic N) is 1. The first-order chi connectivity index (χ1) is 13.1. The number of hydrogen-bond acceptors (Lipinski definition) is 2. The van der Waals surface area contributed by atoms with Crippen LogP contribution in [0.1, 0.15) is 42.7 Å². The molecule has 1 unspecified atom stereocenters. The predicted octanol–water partition coefficient (Wildman–Crippen LogP) is 7.27. The molecule has 2 aromatic carbocycles. The normalized spacial score (nSPS) is 12.3. The molecule has 1 heterocycles. The molecular weight excluding hydrogens is 377 g/mol. The van der Waals surface area contributed by atoms with E-state index in [-0.39, 0.29) is 0 Å². The highest BCUT2D eigenvalue weighted by atomic mass is 35.5. The first-order valence-corrected chi connectivity index (χ1v) is 10.0. The van der Waals surface area contributed by atoms with Gasteiger partial charge >= 0.3 is 0 Å². The van der Waals surface area contributed by atoms with Crippen molar-refractivity contribution in [3.8, 4) is 5.75 Å². The lowest BCUT2D eigenvalue weighted by molar-refractivity contribution is 0.415. The van der Waals surface area contributed by atoms with Crippen LogP contribution in [0.2, 0.25) is 10.0 Å². The summed E-state index contributed by atoms with van der Waals surface area (Å²) in [6.45, 7) is 4.03. The molecule has 27 heavy (non-hydrogen) atoms. The van der Waals surface area contributed by atoms with Gasteiger partial charge in [-0.1, -0.05) is 48.7 Å². The Hall–Kier alpha value is -1.77. The van der Waals surface area contributed by atoms with Gasteiger partial charge in [-0.3, -0.25) is 4.98 Å². The van der Waals surface area contributed by atoms with E-state index in [2.05, 4.69) is 30.1 Å². The molecule has 3 rings (SSSR count). The lowest BCUT2D eigenvalue weighted by atomic mass is 9.88. The fourth-order valence-corrected chi connectivity index (χ4v) is 4.07. The number of halogens is 2. The summed E-state index contributed by atoms with van der Waals surface area (Å²) in [7, 11) is 1.69. The molecule has 0 amide bonds. The van der Waals surface area contributed by atoms with Gasteiger partial charge in [0.1, 0.15) is 5.75 Å². The number of ether oxygens (including phenoxy) is 1. The van der Waals surface area contributed by atoms with Crippen molar-refractivity contribution in [2.24, 2.45) is 0 Å². The Morgan fingerprint density at radius 1 is 1.11 bits per heavy atom. The molecule has 1 radical (unpaired) electrons. The van der Waals surface area contributed by atoms with Gasteiger partial charge in [0.2, 0.25) is 0 Å². The fraction of sp³-hybridized carbons (Fsp3) is 0.304. The molecule has 0 aliphatic heterocycles. The van der Waals surface area contributed by atoms with Crippen molar-refractivity contribution >= 4 is 34.1 Å². The maximum absolute atomic E-state index is 6.46. The molecule has 0 saturated heterocycles. The van der Waals surface area contributed by atoms with Crippen LogP contribution in [0, 0.1) is 6.92 Å². The summed E-state index contributed by atoms with van der Waals surface area (Å²) in [6, 6.07) is 14.0. The number of aromatic nitrogens is 1. The van der Waals surface area contributed by atoms with E-state index in [1.54, 1.807) is 7.11 Å². The molecule has 0 N–H and O–H groups in total. The Labute approximate surface area is 171 Å². The maximum Gasteiger partial charge on any atom is 0.119 e. The standard InChI is InChI=1S/C23H24Cl2NO/c1-3-6-16(19-9-5-10-21(24)23(19)25)7-4-8-17-13-14-26-22-12-11-18(27-2)15-20(17)22/h5,9-16H,1,3-4,6-8H2,2H3. The molecule has 0 fully saturated rings. The van der Waals surface area contributed by atoms with E-state index >= 15 is 0 Å². The van der Waals surface area contributed by atoms with Crippen LogP contribution in [0.15, 0.2) is 48.7 Å². The van der Waals surface area contributed by atoms with Crippen molar-refractivity contribution < 1.29 is 4.74 Å². The van der Waals surface area contributed by atoms with Crippen molar-refractivity contribution in [3.05, 3.63) is 76.8 Å². The van der Waals surface area contributed by atoms with E-state index < -0.39 is 0 Å². The van der Waals surface area contributed by atoms with Crippen LogP contribution in [0.5, 0.6) is 5.75 Å². The molecule has 0 aliphatic rings. The summed E-state index contributed by atoms with van der Waals surface area (Å²) >= 11 is 12.7. The Morgan fingerprint density at radius 2 is 1.96 bits per heavy atom. The quantitative estimate of drug-likeness (QED) is 0.396. The minimum atomic E-state index is 0.372. The van der Waals surface area contributed by atoms with Crippen LogP contribution in [-0.4, -0.2) is 12.1 Å². The van der Waals surface area contributed by atoms with Crippen molar-refractivity contribution in [1.82, 2.24) is 4.98 Å². The van der Waals surface area contributed by atoms with Crippen molar-refractivity contribution in [1.29, 1.82) is 0 Å². The molecule has 3 aromatic rings. The highest BCUT2D eigenvalue weighted by Gasteiger charge is 2.16. The van der Waals surface area contributed by atoms with E-state index in [4.69, 9.17) is 27.9 Å². The van der Waals surface area contributed by atoms with Gasteiger partial charge in [0.25, 0.3) is 0 Å². The number of methoxy groups -OCH3 is 1. The van der Waals surface area contributed by atoms with Crippen LogP contribution >= 0.6 is 23.2 Å². The van der Waals surface area contributed by atoms with Crippen LogP contribution in [0.3, 0.4) is 0 Å². The molecule has 141 valence electrons. The van der Waals surface area contributed by atoms with Crippen LogP contribution in [-0.2, 0) is 6.42 Å². The van der Waals surface area contributed by atoms with Gasteiger partial charge in [0.15, 0.2) is 0 Å². The van der Waals surface area contributed by atoms with Crippen LogP contribution in [0.25, 0.3) is 10.9 Å². The monoisotopic (exact) mass is 400 g/mol. The highest BCUT2D eigenvalue weighted by molar-refractivity contribution is 6.42. The third-order valence-electron chi connectivity index (χ3n) is 5.01. The molecule has 1 aromatic heterocycles. The average Bonchev–Trinajstić information content (AvgIpc) is 2.69. The number of pyridine rings is 1. The fourth-order valence-electron chi connectivity index (χ4n) is 3.60. The van der Waals surface area contributed by atoms with E-state index in [9.17, 15) is 0 Å². The van der Waals surface area contributed by atoms with Crippen LogP contribution in [0.4, 0.5) is 0 Å². The van der Waals surface area contributed by atoms with Gasteiger partial charge in [-0.15, -0.1) is 0 Å². The molecular formula is C23H24Cl2NO. The molecule has 1 atom stereocenters. The van der Waals surface area contributed by atoms with E-state index in [0.29, 0.717) is 16.0 Å². The topological polar surface area (TPSA) is 22.1 Å². The average molecular weight is 401 g/mol. The largest absolute Gasteiger partial charge is 0.497 e. The molecule has 4 heteroatoms. The number of aryl methyl sites for hydroxylation is 1. The maximum atomic E-state index is 6.46. The van der Waals surface area contributed by atoms with E-state index in [1.807, 2.05) is 30.5 Å². The van der Waals surface area contributed by atoms with Crippen molar-refractivity contribution in [3.63, 3.8) is 0 Å². The molecule has 2 nitrogen and oxygen atoms in total. The summed E-state index contributed by atoms with van der Waals surface area (Å²) < 4.78 is 5.37. The molecule has 0 saturated carbocycles. The third kappa shape index (κ3) is 4.75. The summed E-state index contributed by atoms with van der Waals surface area (Å²) in [4.78, 5) is 4.46. The minimum Gasteiger partial charge on any atom is -0.497 e. The summed E-state index contributed by atoms with van der Waals surface area (Å²) in [5.74, 6) is 1.23. The number of fused-ring (bicyclic) bond motifs is 1. The van der Waals surface area contributed by atoms with Gasteiger partial charge < -0.3 is 4.74 Å². The van der Waals surface area contributed by atoms with E-state index in [0.717, 1.165) is 54.3 Å². The van der Waals surface area contributed by atoms with Gasteiger partial charge in [-0.2, -0.15) is 0 Å².